The van der Waals surface area contributed by atoms with Gasteiger partial charge in [-0.25, -0.2) is 4.79 Å². The van der Waals surface area contributed by atoms with Crippen molar-refractivity contribution in [2.75, 3.05) is 13.6 Å². The maximum atomic E-state index is 13.0. The quantitative estimate of drug-likeness (QED) is 0.566. The Hall–Kier alpha value is -1.25. The fraction of sp³-hybridized carbons (Fsp3) is 0.857. The van der Waals surface area contributed by atoms with Crippen LogP contribution in [-0.2, 0) is 19.1 Å². The number of carbonyl (C=O) groups excluding carboxylic acids is 1. The topological polar surface area (TPSA) is 72.5 Å². The van der Waals surface area contributed by atoms with Gasteiger partial charge in [0.2, 0.25) is 0 Å². The average Bonchev–Trinajstić information content (AvgIpc) is 2.25. The van der Waals surface area contributed by atoms with Gasteiger partial charge in [0.15, 0.2) is 0 Å². The van der Waals surface area contributed by atoms with Gasteiger partial charge in [0.25, 0.3) is 0 Å². The molecule has 5 nitrogen and oxygen atoms in total. The van der Waals surface area contributed by atoms with Crippen LogP contribution in [0.4, 0.5) is 39.5 Å². The van der Waals surface area contributed by atoms with E-state index in [0.717, 1.165) is 7.05 Å². The Labute approximate surface area is 116 Å². The number of rotatable bonds is 6. The molecule has 0 rings (SSSR count). The second-order valence-electron chi connectivity index (χ2n) is 3.60. The molecule has 0 radical (unpaired) electrons. The number of halogens is 9. The van der Waals surface area contributed by atoms with Gasteiger partial charge in [0, 0.05) is 0 Å². The monoisotopic (exact) mass is 371 g/mol. The predicted molar refractivity (Wildman–Crippen MR) is 49.8 cm³/mol. The standard InChI is InChI=1S/C7H6F9NO4S/c1-17-2-3(18)21-22(19,20)7(15,16)5(10,11)4(8,9)6(12,13)14/h17H,2H2,1H3. The first-order chi connectivity index (χ1) is 9.45. The Bertz CT molecular complexity index is 527. The Kier molecular flexibility index (Phi) is 5.42. The third-order valence-electron chi connectivity index (χ3n) is 1.95. The van der Waals surface area contributed by atoms with Gasteiger partial charge in [0.1, 0.15) is 0 Å². The zero-order valence-electron chi connectivity index (χ0n) is 10.2. The molecule has 0 spiro atoms. The van der Waals surface area contributed by atoms with Crippen molar-refractivity contribution in [1.29, 1.82) is 0 Å². The molecule has 0 heterocycles. The van der Waals surface area contributed by atoms with Crippen molar-refractivity contribution < 1.29 is 56.9 Å². The second-order valence-corrected chi connectivity index (χ2v) is 5.19. The van der Waals surface area contributed by atoms with Crippen LogP contribution in [0, 0.1) is 0 Å². The Morgan fingerprint density at radius 3 is 1.68 bits per heavy atom. The average molecular weight is 371 g/mol. The van der Waals surface area contributed by atoms with Crippen LogP contribution in [0.1, 0.15) is 0 Å². The number of likely N-dealkylation sites (N-methyl/N-ethyl adjacent to an activating group) is 1. The van der Waals surface area contributed by atoms with Crippen molar-refractivity contribution in [2.45, 2.75) is 23.3 Å². The van der Waals surface area contributed by atoms with Crippen molar-refractivity contribution >= 4 is 16.1 Å². The van der Waals surface area contributed by atoms with E-state index >= 15 is 0 Å². The molecule has 0 atom stereocenters. The summed E-state index contributed by atoms with van der Waals surface area (Å²) in [6.07, 6.45) is -7.19. The van der Waals surface area contributed by atoms with Gasteiger partial charge < -0.3 is 9.50 Å². The summed E-state index contributed by atoms with van der Waals surface area (Å²) in [7, 11) is -6.18. The normalized spacial score (nSPS) is 14.8. The molecule has 0 unspecified atom stereocenters. The first-order valence-electron chi connectivity index (χ1n) is 4.77. The molecule has 1 N–H and O–H groups in total. The van der Waals surface area contributed by atoms with Crippen molar-refractivity contribution in [3.05, 3.63) is 0 Å². The molecule has 0 saturated heterocycles. The van der Waals surface area contributed by atoms with E-state index < -0.39 is 45.9 Å². The minimum atomic E-state index is -7.43. The SMILES string of the molecule is CNCC(=O)OS(=O)(=O)C(F)(F)C(F)(F)C(F)(F)C(F)(F)F. The smallest absolute Gasteiger partial charge is 0.340 e. The molecule has 0 aliphatic heterocycles. The summed E-state index contributed by atoms with van der Waals surface area (Å²) in [6, 6.07) is 0. The Morgan fingerprint density at radius 2 is 1.36 bits per heavy atom. The number of alkyl halides is 9. The molecular formula is C7H6F9NO4S. The summed E-state index contributed by atoms with van der Waals surface area (Å²) in [6.45, 7) is -1.13. The molecule has 15 heteroatoms. The summed E-state index contributed by atoms with van der Waals surface area (Å²) >= 11 is 0. The maximum absolute atomic E-state index is 13.0. The number of nitrogens with one attached hydrogen (secondary N) is 1. The Morgan fingerprint density at radius 1 is 0.955 bits per heavy atom. The van der Waals surface area contributed by atoms with E-state index in [9.17, 15) is 52.7 Å². The zero-order chi connectivity index (χ0) is 18.2. The van der Waals surface area contributed by atoms with E-state index in [0.29, 0.717) is 0 Å². The summed E-state index contributed by atoms with van der Waals surface area (Å²) in [5, 5.41) is -5.20. The lowest BCUT2D eigenvalue weighted by atomic mass is 10.1. The summed E-state index contributed by atoms with van der Waals surface area (Å²) in [5.74, 6) is -17.0. The highest BCUT2D eigenvalue weighted by Crippen LogP contribution is 2.54. The fourth-order valence-corrected chi connectivity index (χ4v) is 1.72. The maximum Gasteiger partial charge on any atom is 0.460 e. The molecule has 0 saturated carbocycles. The minimum absolute atomic E-state index is 0.957. The highest BCUT2D eigenvalue weighted by Gasteiger charge is 2.86. The van der Waals surface area contributed by atoms with Gasteiger partial charge in [-0.15, -0.1) is 0 Å². The molecule has 0 fully saturated rings. The van der Waals surface area contributed by atoms with Crippen molar-refractivity contribution in [3.8, 4) is 0 Å². The molecule has 0 amide bonds. The third kappa shape index (κ3) is 3.23. The minimum Gasteiger partial charge on any atom is -0.340 e. The molecule has 0 aliphatic rings. The van der Waals surface area contributed by atoms with Crippen LogP contribution in [0.5, 0.6) is 0 Å². The lowest BCUT2D eigenvalue weighted by Crippen LogP contribution is -2.63. The molecule has 0 aromatic heterocycles. The van der Waals surface area contributed by atoms with Crippen LogP contribution in [-0.4, -0.2) is 51.3 Å². The van der Waals surface area contributed by atoms with Crippen LogP contribution in [0.15, 0.2) is 0 Å². The molecule has 0 aliphatic carbocycles. The predicted octanol–water partition coefficient (Wildman–Crippen LogP) is 1.50. The zero-order valence-corrected chi connectivity index (χ0v) is 11.0. The first-order valence-corrected chi connectivity index (χ1v) is 6.18. The van der Waals surface area contributed by atoms with Crippen LogP contribution in [0.3, 0.4) is 0 Å². The molecule has 132 valence electrons. The van der Waals surface area contributed by atoms with Gasteiger partial charge in [-0.2, -0.15) is 47.9 Å². The highest BCUT2D eigenvalue weighted by atomic mass is 32.2. The lowest BCUT2D eigenvalue weighted by Gasteiger charge is -2.32. The van der Waals surface area contributed by atoms with Crippen LogP contribution < -0.4 is 5.32 Å². The lowest BCUT2D eigenvalue weighted by molar-refractivity contribution is -0.382. The molecule has 0 bridgehead atoms. The van der Waals surface area contributed by atoms with Gasteiger partial charge in [-0.05, 0) is 7.05 Å². The van der Waals surface area contributed by atoms with Crippen LogP contribution in [0.25, 0.3) is 0 Å². The van der Waals surface area contributed by atoms with E-state index in [-0.39, 0.29) is 0 Å². The van der Waals surface area contributed by atoms with Crippen LogP contribution >= 0.6 is 0 Å². The van der Waals surface area contributed by atoms with Gasteiger partial charge in [-0.3, -0.25) is 0 Å². The fourth-order valence-electron chi connectivity index (χ4n) is 0.866. The summed E-state index contributed by atoms with van der Waals surface area (Å²) in [5.41, 5.74) is 0. The largest absolute Gasteiger partial charge is 0.460 e. The van der Waals surface area contributed by atoms with E-state index in [2.05, 4.69) is 4.18 Å². The summed E-state index contributed by atoms with van der Waals surface area (Å²) in [4.78, 5) is 10.6. The van der Waals surface area contributed by atoms with Crippen LogP contribution in [0.2, 0.25) is 0 Å². The number of hydrogen-bond acceptors (Lipinski definition) is 5. The third-order valence-corrected chi connectivity index (χ3v) is 3.24. The van der Waals surface area contributed by atoms with Gasteiger partial charge >= 0.3 is 39.4 Å². The highest BCUT2D eigenvalue weighted by molar-refractivity contribution is 7.88. The van der Waals surface area contributed by atoms with Gasteiger partial charge in [0.05, 0.1) is 6.54 Å². The second kappa shape index (κ2) is 5.75. The Balaban J connectivity index is 5.86. The number of hydrogen-bond donors (Lipinski definition) is 1. The van der Waals surface area contributed by atoms with Crippen molar-refractivity contribution in [3.63, 3.8) is 0 Å². The molecule has 0 aromatic carbocycles. The summed E-state index contributed by atoms with van der Waals surface area (Å²) < 4.78 is 136. The van der Waals surface area contributed by atoms with E-state index in [1.807, 2.05) is 5.32 Å². The van der Waals surface area contributed by atoms with Crippen molar-refractivity contribution in [2.24, 2.45) is 0 Å². The first kappa shape index (κ1) is 20.8. The van der Waals surface area contributed by atoms with Gasteiger partial charge in [-0.1, -0.05) is 0 Å². The van der Waals surface area contributed by atoms with E-state index in [1.54, 1.807) is 0 Å². The molecule has 0 aromatic rings. The molecular weight excluding hydrogens is 365 g/mol. The van der Waals surface area contributed by atoms with E-state index in [1.165, 1.54) is 0 Å². The molecule has 22 heavy (non-hydrogen) atoms. The van der Waals surface area contributed by atoms with Crippen molar-refractivity contribution in [1.82, 2.24) is 5.32 Å². The van der Waals surface area contributed by atoms with E-state index in [4.69, 9.17) is 0 Å². The number of carbonyl (C=O) groups is 1.